The van der Waals surface area contributed by atoms with Gasteiger partial charge in [0.15, 0.2) is 5.17 Å². The second-order valence-corrected chi connectivity index (χ2v) is 6.54. The number of halogens is 3. The Morgan fingerprint density at radius 3 is 2.73 bits per heavy atom. The maximum Gasteiger partial charge on any atom is 0.151 e. The summed E-state index contributed by atoms with van der Waals surface area (Å²) < 4.78 is 5.37. The maximum atomic E-state index is 6.38. The maximum absolute atomic E-state index is 6.38. The van der Waals surface area contributed by atoms with Gasteiger partial charge in [-0.3, -0.25) is 4.99 Å². The van der Waals surface area contributed by atoms with E-state index in [4.69, 9.17) is 39.5 Å². The van der Waals surface area contributed by atoms with E-state index in [0.717, 1.165) is 5.70 Å². The summed E-state index contributed by atoms with van der Waals surface area (Å²) in [5, 5.41) is 1.57. The highest BCUT2D eigenvalue weighted by Gasteiger charge is 2.35. The summed E-state index contributed by atoms with van der Waals surface area (Å²) in [4.78, 5) is 9.29. The number of hydrogen-bond donors (Lipinski definition) is 0. The molecule has 1 aromatic rings. The molecule has 0 aromatic heterocycles. The van der Waals surface area contributed by atoms with E-state index in [9.17, 15) is 0 Å². The average molecular weight is 356 g/mol. The standard InChI is InChI=1S/C16H13Cl3N2O/c1-16-6-5-10(18)8-13(16)20-14(15(19)21-16)11-7-9(17)3-4-12(11)22-2/h3-5,7-8H,6H2,1-2H3. The lowest BCUT2D eigenvalue weighted by molar-refractivity contribution is 0.414. The normalized spacial score (nSPS) is 23.9. The quantitative estimate of drug-likeness (QED) is 0.738. The number of aliphatic imine (C=N–C) groups is 2. The SMILES string of the molecule is COc1ccc(Cl)cc1C1=NC2=CC(Cl)=CCC2(C)N=C1Cl. The molecule has 0 saturated carbocycles. The van der Waals surface area contributed by atoms with Crippen molar-refractivity contribution in [1.29, 1.82) is 0 Å². The minimum atomic E-state index is -0.481. The van der Waals surface area contributed by atoms with Crippen molar-refractivity contribution >= 4 is 45.7 Å². The van der Waals surface area contributed by atoms with E-state index in [1.807, 2.05) is 19.1 Å². The number of fused-ring (bicyclic) bond motifs is 1. The lowest BCUT2D eigenvalue weighted by Crippen LogP contribution is -2.33. The fraction of sp³-hybridized carbons (Fsp3) is 0.250. The zero-order chi connectivity index (χ0) is 15.9. The van der Waals surface area contributed by atoms with Crippen LogP contribution in [0.2, 0.25) is 5.02 Å². The molecule has 1 aromatic carbocycles. The minimum Gasteiger partial charge on any atom is -0.496 e. The third-order valence-electron chi connectivity index (χ3n) is 3.71. The Hall–Kier alpha value is -1.29. The first-order valence-electron chi connectivity index (χ1n) is 6.69. The van der Waals surface area contributed by atoms with Gasteiger partial charge in [-0.05, 0) is 37.6 Å². The lowest BCUT2D eigenvalue weighted by atomic mass is 9.89. The van der Waals surface area contributed by atoms with Gasteiger partial charge in [-0.2, -0.15) is 0 Å². The van der Waals surface area contributed by atoms with Crippen molar-refractivity contribution in [3.8, 4) is 5.75 Å². The number of ether oxygens (including phenoxy) is 1. The van der Waals surface area contributed by atoms with Crippen LogP contribution in [0.25, 0.3) is 0 Å². The molecule has 0 radical (unpaired) electrons. The molecule has 1 heterocycles. The van der Waals surface area contributed by atoms with E-state index in [-0.39, 0.29) is 0 Å². The second-order valence-electron chi connectivity index (χ2n) is 5.30. The Labute approximate surface area is 144 Å². The van der Waals surface area contributed by atoms with Crippen molar-refractivity contribution in [2.75, 3.05) is 7.11 Å². The van der Waals surface area contributed by atoms with Crippen LogP contribution in [-0.2, 0) is 0 Å². The van der Waals surface area contributed by atoms with Gasteiger partial charge in [0.05, 0.1) is 12.8 Å². The van der Waals surface area contributed by atoms with Crippen LogP contribution in [0.15, 0.2) is 51.1 Å². The molecule has 6 heteroatoms. The highest BCUT2D eigenvalue weighted by molar-refractivity contribution is 6.86. The van der Waals surface area contributed by atoms with Crippen molar-refractivity contribution in [1.82, 2.24) is 0 Å². The second kappa shape index (κ2) is 5.73. The highest BCUT2D eigenvalue weighted by Crippen LogP contribution is 2.38. The van der Waals surface area contributed by atoms with E-state index < -0.39 is 5.54 Å². The molecule has 0 spiro atoms. The van der Waals surface area contributed by atoms with E-state index in [1.54, 1.807) is 25.3 Å². The summed E-state index contributed by atoms with van der Waals surface area (Å²) in [5.74, 6) is 0.637. The zero-order valence-corrected chi connectivity index (χ0v) is 14.3. The Kier molecular flexibility index (Phi) is 4.06. The van der Waals surface area contributed by atoms with E-state index in [2.05, 4.69) is 9.98 Å². The van der Waals surface area contributed by atoms with Crippen LogP contribution in [0.3, 0.4) is 0 Å². The number of hydrogen-bond acceptors (Lipinski definition) is 3. The molecule has 0 amide bonds. The van der Waals surface area contributed by atoms with Gasteiger partial charge in [-0.25, -0.2) is 4.99 Å². The number of benzene rings is 1. The van der Waals surface area contributed by atoms with Gasteiger partial charge < -0.3 is 4.74 Å². The zero-order valence-electron chi connectivity index (χ0n) is 12.0. The Balaban J connectivity index is 2.16. The van der Waals surface area contributed by atoms with Gasteiger partial charge in [0, 0.05) is 15.6 Å². The van der Waals surface area contributed by atoms with Crippen LogP contribution in [0.1, 0.15) is 18.9 Å². The van der Waals surface area contributed by atoms with Crippen LogP contribution in [0.4, 0.5) is 0 Å². The molecular weight excluding hydrogens is 343 g/mol. The average Bonchev–Trinajstić information content (AvgIpc) is 2.47. The number of nitrogens with zero attached hydrogens (tertiary/aromatic N) is 2. The molecule has 114 valence electrons. The predicted molar refractivity (Wildman–Crippen MR) is 92.9 cm³/mol. The smallest absolute Gasteiger partial charge is 0.151 e. The Bertz CT molecular complexity index is 765. The lowest BCUT2D eigenvalue weighted by Gasteiger charge is -2.31. The summed E-state index contributed by atoms with van der Waals surface area (Å²) in [7, 11) is 1.59. The predicted octanol–water partition coefficient (Wildman–Crippen LogP) is 4.96. The van der Waals surface area contributed by atoms with Crippen LogP contribution < -0.4 is 4.74 Å². The molecule has 0 fully saturated rings. The fourth-order valence-corrected chi connectivity index (χ4v) is 3.16. The third-order valence-corrected chi connectivity index (χ3v) is 4.47. The van der Waals surface area contributed by atoms with Gasteiger partial charge >= 0.3 is 0 Å². The summed E-state index contributed by atoms with van der Waals surface area (Å²) in [6.45, 7) is 1.98. The topological polar surface area (TPSA) is 34.0 Å². The fourth-order valence-electron chi connectivity index (χ4n) is 2.47. The summed E-state index contributed by atoms with van der Waals surface area (Å²) in [5.41, 5.74) is 1.54. The van der Waals surface area contributed by atoms with Crippen LogP contribution in [0, 0.1) is 0 Å². The van der Waals surface area contributed by atoms with Crippen molar-refractivity contribution in [2.45, 2.75) is 18.9 Å². The Morgan fingerprint density at radius 2 is 2.00 bits per heavy atom. The van der Waals surface area contributed by atoms with Crippen molar-refractivity contribution in [3.63, 3.8) is 0 Å². The monoisotopic (exact) mass is 354 g/mol. The molecule has 0 bridgehead atoms. The largest absolute Gasteiger partial charge is 0.496 e. The first kappa shape index (κ1) is 15.6. The molecular formula is C16H13Cl3N2O. The number of rotatable bonds is 2. The van der Waals surface area contributed by atoms with Crippen LogP contribution in [0.5, 0.6) is 5.75 Å². The number of methoxy groups -OCH3 is 1. The summed E-state index contributed by atoms with van der Waals surface area (Å²) in [6, 6.07) is 5.29. The minimum absolute atomic E-state index is 0.339. The van der Waals surface area contributed by atoms with Gasteiger partial charge in [0.1, 0.15) is 17.0 Å². The van der Waals surface area contributed by atoms with Gasteiger partial charge in [0.25, 0.3) is 0 Å². The number of allylic oxidation sites excluding steroid dienone is 2. The van der Waals surface area contributed by atoms with Gasteiger partial charge in [-0.15, -0.1) is 0 Å². The molecule has 0 N–H and O–H groups in total. The third kappa shape index (κ3) is 2.69. The molecule has 22 heavy (non-hydrogen) atoms. The van der Waals surface area contributed by atoms with E-state index in [1.165, 1.54) is 0 Å². The first-order chi connectivity index (χ1) is 10.4. The summed E-state index contributed by atoms with van der Waals surface area (Å²) in [6.07, 6.45) is 4.39. The van der Waals surface area contributed by atoms with Crippen molar-refractivity contribution in [3.05, 3.63) is 51.7 Å². The van der Waals surface area contributed by atoms with E-state index >= 15 is 0 Å². The molecule has 3 nitrogen and oxygen atoms in total. The van der Waals surface area contributed by atoms with E-state index in [0.29, 0.717) is 38.7 Å². The van der Waals surface area contributed by atoms with Crippen molar-refractivity contribution in [2.24, 2.45) is 9.98 Å². The molecule has 1 aliphatic heterocycles. The van der Waals surface area contributed by atoms with Gasteiger partial charge in [0.2, 0.25) is 0 Å². The van der Waals surface area contributed by atoms with Crippen molar-refractivity contribution < 1.29 is 4.74 Å². The first-order valence-corrected chi connectivity index (χ1v) is 7.82. The Morgan fingerprint density at radius 1 is 1.23 bits per heavy atom. The van der Waals surface area contributed by atoms with Crippen LogP contribution in [-0.4, -0.2) is 23.5 Å². The molecule has 3 rings (SSSR count). The van der Waals surface area contributed by atoms with Crippen LogP contribution >= 0.6 is 34.8 Å². The summed E-state index contributed by atoms with van der Waals surface area (Å²) >= 11 is 18.6. The highest BCUT2D eigenvalue weighted by atomic mass is 35.5. The molecule has 1 atom stereocenters. The molecule has 0 saturated heterocycles. The molecule has 2 aliphatic rings. The van der Waals surface area contributed by atoms with Gasteiger partial charge in [-0.1, -0.05) is 40.9 Å². The molecule has 1 unspecified atom stereocenters. The molecule has 1 aliphatic carbocycles.